The lowest BCUT2D eigenvalue weighted by Gasteiger charge is -2.12. The van der Waals surface area contributed by atoms with Crippen LogP contribution in [0, 0.1) is 11.8 Å². The molecule has 2 amide bonds. The lowest BCUT2D eigenvalue weighted by Crippen LogP contribution is -2.34. The van der Waals surface area contributed by atoms with Gasteiger partial charge >= 0.3 is 12.0 Å². The van der Waals surface area contributed by atoms with Crippen molar-refractivity contribution in [2.75, 3.05) is 27.2 Å². The molecular weight excluding hydrogens is 296 g/mol. The molecule has 122 valence electrons. The van der Waals surface area contributed by atoms with Gasteiger partial charge in [-0.2, -0.15) is 0 Å². The number of nitrogens with one attached hydrogen (secondary N) is 1. The zero-order valence-corrected chi connectivity index (χ0v) is 13.3. The third kappa shape index (κ3) is 4.16. The highest BCUT2D eigenvalue weighted by molar-refractivity contribution is 5.92. The molecule has 0 saturated carbocycles. The van der Waals surface area contributed by atoms with Crippen molar-refractivity contribution < 1.29 is 19.4 Å². The van der Waals surface area contributed by atoms with Gasteiger partial charge in [0.15, 0.2) is 0 Å². The summed E-state index contributed by atoms with van der Waals surface area (Å²) >= 11 is 0. The predicted octanol–water partition coefficient (Wildman–Crippen LogP) is 1.72. The largest absolute Gasteiger partial charge is 0.492 e. The molecule has 0 fully saturated rings. The van der Waals surface area contributed by atoms with Gasteiger partial charge in [0.25, 0.3) is 0 Å². The van der Waals surface area contributed by atoms with E-state index in [4.69, 9.17) is 4.74 Å². The van der Waals surface area contributed by atoms with E-state index in [2.05, 4.69) is 17.2 Å². The van der Waals surface area contributed by atoms with Crippen molar-refractivity contribution in [3.8, 4) is 17.6 Å². The molecule has 23 heavy (non-hydrogen) atoms. The molecule has 0 aliphatic carbocycles. The van der Waals surface area contributed by atoms with E-state index in [0.717, 1.165) is 24.8 Å². The van der Waals surface area contributed by atoms with E-state index in [1.807, 2.05) is 6.07 Å². The summed E-state index contributed by atoms with van der Waals surface area (Å²) < 4.78 is 5.59. The molecule has 1 aromatic carbocycles. The quantitative estimate of drug-likeness (QED) is 0.814. The first-order chi connectivity index (χ1) is 11.0. The standard InChI is InChI=1S/C17H20N2O4/c1-18-17(22)19(2)8-5-6-12-10-13-7-3-4-9-23-15(13)14(11-12)16(20)21/h10-11H,3-4,7-9H2,1-2H3,(H,18,22)(H,20,21). The zero-order chi connectivity index (χ0) is 16.8. The number of benzene rings is 1. The van der Waals surface area contributed by atoms with Crippen LogP contribution in [-0.4, -0.2) is 49.3 Å². The Labute approximate surface area is 135 Å². The lowest BCUT2D eigenvalue weighted by molar-refractivity contribution is 0.0692. The molecule has 0 saturated heterocycles. The Morgan fingerprint density at radius 1 is 1.39 bits per heavy atom. The zero-order valence-electron chi connectivity index (χ0n) is 13.3. The number of carbonyl (C=O) groups is 2. The summed E-state index contributed by atoms with van der Waals surface area (Å²) in [6, 6.07) is 3.18. The summed E-state index contributed by atoms with van der Waals surface area (Å²) in [5, 5.41) is 11.9. The van der Waals surface area contributed by atoms with Crippen molar-refractivity contribution in [3.05, 3.63) is 28.8 Å². The average Bonchev–Trinajstić information content (AvgIpc) is 2.78. The molecule has 0 aromatic heterocycles. The topological polar surface area (TPSA) is 78.9 Å². The van der Waals surface area contributed by atoms with Gasteiger partial charge in [-0.05, 0) is 37.0 Å². The summed E-state index contributed by atoms with van der Waals surface area (Å²) in [6.45, 7) is 0.797. The highest BCUT2D eigenvalue weighted by Crippen LogP contribution is 2.30. The number of aromatic carboxylic acids is 1. The fraction of sp³-hybridized carbons (Fsp3) is 0.412. The Morgan fingerprint density at radius 3 is 2.87 bits per heavy atom. The van der Waals surface area contributed by atoms with E-state index < -0.39 is 5.97 Å². The van der Waals surface area contributed by atoms with Crippen molar-refractivity contribution in [2.24, 2.45) is 0 Å². The van der Waals surface area contributed by atoms with E-state index in [0.29, 0.717) is 17.9 Å². The molecule has 2 N–H and O–H groups in total. The number of nitrogens with zero attached hydrogens (tertiary/aromatic N) is 1. The van der Waals surface area contributed by atoms with Gasteiger partial charge in [0, 0.05) is 19.7 Å². The minimum Gasteiger partial charge on any atom is -0.492 e. The second-order valence-electron chi connectivity index (χ2n) is 5.34. The fourth-order valence-corrected chi connectivity index (χ4v) is 2.39. The van der Waals surface area contributed by atoms with Gasteiger partial charge < -0.3 is 20.1 Å². The predicted molar refractivity (Wildman–Crippen MR) is 85.8 cm³/mol. The molecule has 0 bridgehead atoms. The van der Waals surface area contributed by atoms with Crippen LogP contribution < -0.4 is 10.1 Å². The monoisotopic (exact) mass is 316 g/mol. The van der Waals surface area contributed by atoms with Crippen LogP contribution in [0.3, 0.4) is 0 Å². The number of carbonyl (C=O) groups excluding carboxylic acids is 1. The van der Waals surface area contributed by atoms with Crippen LogP contribution in [0.4, 0.5) is 4.79 Å². The molecule has 2 rings (SSSR count). The third-order valence-corrected chi connectivity index (χ3v) is 3.59. The first-order valence-corrected chi connectivity index (χ1v) is 7.47. The van der Waals surface area contributed by atoms with Gasteiger partial charge in [-0.15, -0.1) is 0 Å². The van der Waals surface area contributed by atoms with Crippen LogP contribution in [0.2, 0.25) is 0 Å². The summed E-state index contributed by atoms with van der Waals surface area (Å²) in [7, 11) is 3.19. The number of fused-ring (bicyclic) bond motifs is 1. The van der Waals surface area contributed by atoms with E-state index in [-0.39, 0.29) is 18.1 Å². The number of carboxylic acids is 1. The molecule has 0 unspecified atom stereocenters. The van der Waals surface area contributed by atoms with Crippen molar-refractivity contribution >= 4 is 12.0 Å². The third-order valence-electron chi connectivity index (χ3n) is 3.59. The first kappa shape index (κ1) is 16.7. The minimum absolute atomic E-state index is 0.147. The Balaban J connectivity index is 2.27. The van der Waals surface area contributed by atoms with E-state index >= 15 is 0 Å². The fourth-order valence-electron chi connectivity index (χ4n) is 2.39. The Bertz CT molecular complexity index is 673. The Morgan fingerprint density at radius 2 is 2.17 bits per heavy atom. The number of hydrogen-bond acceptors (Lipinski definition) is 3. The van der Waals surface area contributed by atoms with Gasteiger partial charge in [-0.25, -0.2) is 9.59 Å². The van der Waals surface area contributed by atoms with Crippen molar-refractivity contribution in [2.45, 2.75) is 19.3 Å². The molecular formula is C17H20N2O4. The highest BCUT2D eigenvalue weighted by Gasteiger charge is 2.19. The number of rotatable bonds is 2. The van der Waals surface area contributed by atoms with Crippen molar-refractivity contribution in [1.82, 2.24) is 10.2 Å². The normalized spacial score (nSPS) is 12.8. The molecule has 6 nitrogen and oxygen atoms in total. The average molecular weight is 316 g/mol. The summed E-state index contributed by atoms with van der Waals surface area (Å²) in [6.07, 6.45) is 2.65. The van der Waals surface area contributed by atoms with Gasteiger partial charge in [-0.1, -0.05) is 11.8 Å². The maximum absolute atomic E-state index is 11.5. The maximum atomic E-state index is 11.5. The number of hydrogen-bond donors (Lipinski definition) is 2. The molecule has 1 aliphatic heterocycles. The number of carboxylic acid groups (broad SMARTS) is 1. The minimum atomic E-state index is -1.02. The Kier molecular flexibility index (Phi) is 5.47. The molecule has 0 spiro atoms. The first-order valence-electron chi connectivity index (χ1n) is 7.47. The number of amides is 2. The van der Waals surface area contributed by atoms with E-state index in [1.165, 1.54) is 11.0 Å². The van der Waals surface area contributed by atoms with Crippen molar-refractivity contribution in [3.63, 3.8) is 0 Å². The van der Waals surface area contributed by atoms with E-state index in [9.17, 15) is 14.7 Å². The second-order valence-corrected chi connectivity index (χ2v) is 5.34. The van der Waals surface area contributed by atoms with Crippen LogP contribution in [0.5, 0.6) is 5.75 Å². The molecule has 1 aromatic rings. The van der Waals surface area contributed by atoms with E-state index in [1.54, 1.807) is 14.1 Å². The van der Waals surface area contributed by atoms with Crippen molar-refractivity contribution in [1.29, 1.82) is 0 Å². The van der Waals surface area contributed by atoms with Gasteiger partial charge in [0.2, 0.25) is 0 Å². The van der Waals surface area contributed by atoms with Crippen LogP contribution >= 0.6 is 0 Å². The summed E-state index contributed by atoms with van der Waals surface area (Å²) in [5.41, 5.74) is 1.65. The van der Waals surface area contributed by atoms with Crippen LogP contribution in [-0.2, 0) is 6.42 Å². The summed E-state index contributed by atoms with van der Waals surface area (Å²) in [5.74, 6) is 5.26. The van der Waals surface area contributed by atoms with Crippen LogP contribution in [0.1, 0.15) is 34.3 Å². The van der Waals surface area contributed by atoms with Gasteiger partial charge in [0.05, 0.1) is 13.2 Å². The Hall–Kier alpha value is -2.68. The number of ether oxygens (including phenoxy) is 1. The molecule has 1 heterocycles. The van der Waals surface area contributed by atoms with Gasteiger partial charge in [-0.3, -0.25) is 0 Å². The second kappa shape index (κ2) is 7.54. The van der Waals surface area contributed by atoms with Crippen LogP contribution in [0.25, 0.3) is 0 Å². The molecule has 1 aliphatic rings. The number of urea groups is 1. The van der Waals surface area contributed by atoms with Crippen LogP contribution in [0.15, 0.2) is 12.1 Å². The smallest absolute Gasteiger partial charge is 0.339 e. The number of aryl methyl sites for hydroxylation is 1. The van der Waals surface area contributed by atoms with Gasteiger partial charge in [0.1, 0.15) is 11.3 Å². The molecule has 6 heteroatoms. The lowest BCUT2D eigenvalue weighted by atomic mass is 10.0. The molecule has 0 radical (unpaired) electrons. The summed E-state index contributed by atoms with van der Waals surface area (Å²) in [4.78, 5) is 24.3. The SMILES string of the molecule is CNC(=O)N(C)CC#Cc1cc2c(c(C(=O)O)c1)OCCCC2. The maximum Gasteiger partial charge on any atom is 0.339 e. The highest BCUT2D eigenvalue weighted by atomic mass is 16.5. The molecule has 0 atom stereocenters.